The van der Waals surface area contributed by atoms with Crippen molar-refractivity contribution >= 4 is 5.78 Å². The van der Waals surface area contributed by atoms with Gasteiger partial charge in [0.1, 0.15) is 12.4 Å². The summed E-state index contributed by atoms with van der Waals surface area (Å²) in [5.41, 5.74) is 2.42. The predicted molar refractivity (Wildman–Crippen MR) is 92.2 cm³/mol. The van der Waals surface area contributed by atoms with Crippen molar-refractivity contribution in [3.63, 3.8) is 0 Å². The molecule has 1 aliphatic heterocycles. The Morgan fingerprint density at radius 2 is 1.83 bits per heavy atom. The zero-order valence-corrected chi connectivity index (χ0v) is 13.6. The van der Waals surface area contributed by atoms with E-state index < -0.39 is 0 Å². The predicted octanol–water partition coefficient (Wildman–Crippen LogP) is 3.70. The maximum Gasteiger partial charge on any atom is 0.193 e. The highest BCUT2D eigenvalue weighted by Crippen LogP contribution is 2.20. The second-order valence-corrected chi connectivity index (χ2v) is 6.07. The number of aryl methyl sites for hydroxylation is 1. The van der Waals surface area contributed by atoms with E-state index in [-0.39, 0.29) is 5.78 Å². The summed E-state index contributed by atoms with van der Waals surface area (Å²) in [6.07, 6.45) is 2.60. The molecule has 120 valence electrons. The number of ketones is 1. The summed E-state index contributed by atoms with van der Waals surface area (Å²) in [7, 11) is 0. The van der Waals surface area contributed by atoms with E-state index in [4.69, 9.17) is 4.74 Å². The van der Waals surface area contributed by atoms with Crippen molar-refractivity contribution in [1.82, 2.24) is 4.90 Å². The first-order valence-electron chi connectivity index (χ1n) is 8.29. The van der Waals surface area contributed by atoms with Crippen LogP contribution in [0.15, 0.2) is 48.5 Å². The van der Waals surface area contributed by atoms with Crippen molar-refractivity contribution in [2.24, 2.45) is 0 Å². The molecule has 0 aromatic heterocycles. The summed E-state index contributed by atoms with van der Waals surface area (Å²) in [4.78, 5) is 14.9. The molecule has 2 aromatic carbocycles. The fourth-order valence-electron chi connectivity index (χ4n) is 3.02. The number of ether oxygens (including phenoxy) is 1. The standard InChI is InChI=1S/C20H23NO2/c1-16-15-18(23-14-13-21-11-5-6-12-21)9-10-19(16)20(22)17-7-3-2-4-8-17/h2-4,7-10,15H,5-6,11-14H2,1H3. The van der Waals surface area contributed by atoms with Gasteiger partial charge in [-0.3, -0.25) is 9.69 Å². The highest BCUT2D eigenvalue weighted by Gasteiger charge is 2.13. The molecule has 0 N–H and O–H groups in total. The molecule has 1 fully saturated rings. The fraction of sp³-hybridized carbons (Fsp3) is 0.350. The monoisotopic (exact) mass is 309 g/mol. The first-order valence-corrected chi connectivity index (χ1v) is 8.29. The summed E-state index contributed by atoms with van der Waals surface area (Å²) < 4.78 is 5.84. The van der Waals surface area contributed by atoms with E-state index in [0.29, 0.717) is 6.61 Å². The average Bonchev–Trinajstić information content (AvgIpc) is 3.09. The van der Waals surface area contributed by atoms with Crippen molar-refractivity contribution in [3.8, 4) is 5.75 Å². The number of carbonyl (C=O) groups is 1. The lowest BCUT2D eigenvalue weighted by Crippen LogP contribution is -2.25. The number of rotatable bonds is 6. The zero-order valence-electron chi connectivity index (χ0n) is 13.6. The lowest BCUT2D eigenvalue weighted by atomic mass is 9.99. The van der Waals surface area contributed by atoms with Crippen LogP contribution in [0, 0.1) is 6.92 Å². The maximum atomic E-state index is 12.5. The largest absolute Gasteiger partial charge is 0.492 e. The first-order chi connectivity index (χ1) is 11.2. The molecule has 0 unspecified atom stereocenters. The van der Waals surface area contributed by atoms with Gasteiger partial charge in [0.2, 0.25) is 0 Å². The highest BCUT2D eigenvalue weighted by atomic mass is 16.5. The Morgan fingerprint density at radius 3 is 2.52 bits per heavy atom. The van der Waals surface area contributed by atoms with Crippen molar-refractivity contribution in [1.29, 1.82) is 0 Å². The third kappa shape index (κ3) is 3.99. The van der Waals surface area contributed by atoms with Crippen LogP contribution in [0.3, 0.4) is 0 Å². The van der Waals surface area contributed by atoms with E-state index in [2.05, 4.69) is 4.90 Å². The van der Waals surface area contributed by atoms with Gasteiger partial charge in [-0.1, -0.05) is 30.3 Å². The Morgan fingerprint density at radius 1 is 1.09 bits per heavy atom. The topological polar surface area (TPSA) is 29.5 Å². The number of likely N-dealkylation sites (tertiary alicyclic amines) is 1. The fourth-order valence-corrected chi connectivity index (χ4v) is 3.02. The van der Waals surface area contributed by atoms with Gasteiger partial charge in [0.05, 0.1) is 0 Å². The third-order valence-electron chi connectivity index (χ3n) is 4.35. The lowest BCUT2D eigenvalue weighted by Gasteiger charge is -2.15. The van der Waals surface area contributed by atoms with E-state index in [1.165, 1.54) is 25.9 Å². The van der Waals surface area contributed by atoms with Crippen LogP contribution in [-0.2, 0) is 0 Å². The zero-order chi connectivity index (χ0) is 16.1. The van der Waals surface area contributed by atoms with Crippen LogP contribution in [0.2, 0.25) is 0 Å². The average molecular weight is 309 g/mol. The summed E-state index contributed by atoms with van der Waals surface area (Å²) in [6, 6.07) is 15.1. The third-order valence-corrected chi connectivity index (χ3v) is 4.35. The number of carbonyl (C=O) groups excluding carboxylic acids is 1. The summed E-state index contributed by atoms with van der Waals surface area (Å²) in [5, 5.41) is 0. The molecule has 2 aromatic rings. The lowest BCUT2D eigenvalue weighted by molar-refractivity contribution is 0.103. The SMILES string of the molecule is Cc1cc(OCCN2CCCC2)ccc1C(=O)c1ccccc1. The molecular weight excluding hydrogens is 286 g/mol. The molecule has 0 atom stereocenters. The second kappa shape index (κ2) is 7.42. The van der Waals surface area contributed by atoms with Gasteiger partial charge in [-0.05, 0) is 56.6 Å². The molecule has 1 aliphatic rings. The van der Waals surface area contributed by atoms with Gasteiger partial charge in [0.25, 0.3) is 0 Å². The van der Waals surface area contributed by atoms with Crippen molar-refractivity contribution in [2.75, 3.05) is 26.2 Å². The first kappa shape index (κ1) is 15.8. The van der Waals surface area contributed by atoms with E-state index in [1.54, 1.807) is 0 Å². The van der Waals surface area contributed by atoms with Gasteiger partial charge in [0.15, 0.2) is 5.78 Å². The second-order valence-electron chi connectivity index (χ2n) is 6.07. The molecule has 0 aliphatic carbocycles. The van der Waals surface area contributed by atoms with Crippen LogP contribution in [0.4, 0.5) is 0 Å². The van der Waals surface area contributed by atoms with Crippen molar-refractivity contribution < 1.29 is 9.53 Å². The van der Waals surface area contributed by atoms with Crippen LogP contribution in [0.5, 0.6) is 5.75 Å². The Hall–Kier alpha value is -2.13. The normalized spacial score (nSPS) is 14.8. The van der Waals surface area contributed by atoms with E-state index in [1.807, 2.05) is 55.5 Å². The van der Waals surface area contributed by atoms with Crippen LogP contribution in [0.1, 0.15) is 34.3 Å². The van der Waals surface area contributed by atoms with Crippen LogP contribution < -0.4 is 4.74 Å². The number of hydrogen-bond donors (Lipinski definition) is 0. The Balaban J connectivity index is 1.62. The molecule has 1 heterocycles. The minimum atomic E-state index is 0.0618. The number of nitrogens with zero attached hydrogens (tertiary/aromatic N) is 1. The van der Waals surface area contributed by atoms with E-state index in [0.717, 1.165) is 29.0 Å². The smallest absolute Gasteiger partial charge is 0.193 e. The quantitative estimate of drug-likeness (QED) is 0.762. The Kier molecular flexibility index (Phi) is 5.09. The summed E-state index contributed by atoms with van der Waals surface area (Å²) >= 11 is 0. The molecule has 0 bridgehead atoms. The summed E-state index contributed by atoms with van der Waals surface area (Å²) in [6.45, 7) is 6.01. The molecule has 3 heteroatoms. The van der Waals surface area contributed by atoms with Gasteiger partial charge in [-0.15, -0.1) is 0 Å². The molecule has 0 saturated carbocycles. The number of benzene rings is 2. The highest BCUT2D eigenvalue weighted by molar-refractivity contribution is 6.09. The molecule has 0 spiro atoms. The molecule has 0 amide bonds. The molecule has 3 nitrogen and oxygen atoms in total. The van der Waals surface area contributed by atoms with Gasteiger partial charge in [-0.2, -0.15) is 0 Å². The van der Waals surface area contributed by atoms with Crippen molar-refractivity contribution in [2.45, 2.75) is 19.8 Å². The van der Waals surface area contributed by atoms with Crippen LogP contribution >= 0.6 is 0 Å². The summed E-state index contributed by atoms with van der Waals surface area (Å²) in [5.74, 6) is 0.901. The van der Waals surface area contributed by atoms with Crippen LogP contribution in [0.25, 0.3) is 0 Å². The van der Waals surface area contributed by atoms with Gasteiger partial charge < -0.3 is 4.74 Å². The molecular formula is C20H23NO2. The van der Waals surface area contributed by atoms with E-state index in [9.17, 15) is 4.79 Å². The maximum absolute atomic E-state index is 12.5. The molecule has 23 heavy (non-hydrogen) atoms. The molecule has 3 rings (SSSR count). The Bertz CT molecular complexity index is 661. The van der Waals surface area contributed by atoms with Gasteiger partial charge >= 0.3 is 0 Å². The minimum absolute atomic E-state index is 0.0618. The molecule has 1 saturated heterocycles. The van der Waals surface area contributed by atoms with Gasteiger partial charge in [0, 0.05) is 17.7 Å². The number of hydrogen-bond acceptors (Lipinski definition) is 3. The minimum Gasteiger partial charge on any atom is -0.492 e. The van der Waals surface area contributed by atoms with Gasteiger partial charge in [-0.25, -0.2) is 0 Å². The Labute approximate surface area is 137 Å². The van der Waals surface area contributed by atoms with E-state index >= 15 is 0 Å². The van der Waals surface area contributed by atoms with Crippen LogP contribution in [-0.4, -0.2) is 36.9 Å². The molecule has 0 radical (unpaired) electrons. The van der Waals surface area contributed by atoms with Crippen molar-refractivity contribution in [3.05, 3.63) is 65.2 Å².